The summed E-state index contributed by atoms with van der Waals surface area (Å²) in [7, 11) is 0. The molecule has 3 nitrogen and oxygen atoms in total. The molecule has 37 heavy (non-hydrogen) atoms. The van der Waals surface area contributed by atoms with E-state index in [0.29, 0.717) is 21.4 Å². The second-order valence-electron chi connectivity index (χ2n) is 9.25. The van der Waals surface area contributed by atoms with E-state index in [1.807, 2.05) is 54.6 Å². The van der Waals surface area contributed by atoms with E-state index in [2.05, 4.69) is 66.7 Å². The first-order chi connectivity index (χ1) is 18.2. The fraction of sp³-hybridized carbons (Fsp3) is 0.0303. The Balaban J connectivity index is 1.46. The predicted octanol–water partition coefficient (Wildman–Crippen LogP) is 8.24. The zero-order chi connectivity index (χ0) is 25.0. The van der Waals surface area contributed by atoms with Crippen molar-refractivity contribution in [1.82, 2.24) is 0 Å². The van der Waals surface area contributed by atoms with Crippen LogP contribution in [0.15, 0.2) is 121 Å². The third-order valence-electron chi connectivity index (χ3n) is 7.36. The molecule has 0 unspecified atom stereocenters. The average Bonchev–Trinajstić information content (AvgIpc) is 3.24. The second kappa shape index (κ2) is 8.32. The van der Waals surface area contributed by atoms with Crippen LogP contribution in [-0.2, 0) is 5.41 Å². The highest BCUT2D eigenvalue weighted by atomic mass is 32.2. The summed E-state index contributed by atoms with van der Waals surface area (Å²) in [6, 6.07) is 41.1. The van der Waals surface area contributed by atoms with Gasteiger partial charge in [-0.2, -0.15) is 0 Å². The molecule has 0 aromatic heterocycles. The molecule has 5 aromatic carbocycles. The SMILES string of the molecule is N=C(SC(=N)c1cccc2c1Oc1ccccc1C21c2ccccc2-c2ccccc21)c1ccccc1. The van der Waals surface area contributed by atoms with Crippen molar-refractivity contribution in [2.75, 3.05) is 0 Å². The molecule has 2 N–H and O–H groups in total. The fourth-order valence-corrected chi connectivity index (χ4v) is 6.59. The van der Waals surface area contributed by atoms with Gasteiger partial charge in [0.2, 0.25) is 0 Å². The molecule has 0 atom stereocenters. The maximum atomic E-state index is 9.02. The third-order valence-corrected chi connectivity index (χ3v) is 8.22. The molecule has 1 spiro atoms. The summed E-state index contributed by atoms with van der Waals surface area (Å²) < 4.78 is 6.61. The van der Waals surface area contributed by atoms with E-state index >= 15 is 0 Å². The van der Waals surface area contributed by atoms with Gasteiger partial charge in [-0.05, 0) is 34.4 Å². The Labute approximate surface area is 219 Å². The molecular weight excluding hydrogens is 472 g/mol. The van der Waals surface area contributed by atoms with Crippen molar-refractivity contribution >= 4 is 21.8 Å². The molecular formula is C33H22N2OS. The van der Waals surface area contributed by atoms with Gasteiger partial charge in [0.25, 0.3) is 0 Å². The second-order valence-corrected chi connectivity index (χ2v) is 10.3. The van der Waals surface area contributed by atoms with E-state index in [1.165, 1.54) is 22.3 Å². The molecule has 0 saturated heterocycles. The topological polar surface area (TPSA) is 56.9 Å². The van der Waals surface area contributed by atoms with E-state index in [0.717, 1.165) is 34.2 Å². The Kier molecular flexibility index (Phi) is 4.91. The number of ether oxygens (including phenoxy) is 1. The maximum absolute atomic E-state index is 9.02. The largest absolute Gasteiger partial charge is 0.456 e. The Morgan fingerprint density at radius 3 is 1.81 bits per heavy atom. The van der Waals surface area contributed by atoms with Crippen LogP contribution in [0.5, 0.6) is 11.5 Å². The molecule has 7 rings (SSSR count). The number of rotatable bonds is 2. The van der Waals surface area contributed by atoms with Gasteiger partial charge in [-0.3, -0.25) is 10.8 Å². The van der Waals surface area contributed by atoms with Crippen molar-refractivity contribution in [2.24, 2.45) is 0 Å². The van der Waals surface area contributed by atoms with Gasteiger partial charge in [0.15, 0.2) is 0 Å². The monoisotopic (exact) mass is 494 g/mol. The zero-order valence-corrected chi connectivity index (χ0v) is 20.7. The van der Waals surface area contributed by atoms with Crippen LogP contribution in [0.4, 0.5) is 0 Å². The quantitative estimate of drug-likeness (QED) is 0.188. The Hall–Kier alpha value is -4.41. The molecule has 0 radical (unpaired) electrons. The Morgan fingerprint density at radius 1 is 0.541 bits per heavy atom. The third kappa shape index (κ3) is 3.09. The molecule has 176 valence electrons. The summed E-state index contributed by atoms with van der Waals surface area (Å²) in [5.41, 5.74) is 7.96. The summed E-state index contributed by atoms with van der Waals surface area (Å²) in [5, 5.41) is 18.3. The van der Waals surface area contributed by atoms with Gasteiger partial charge in [-0.15, -0.1) is 0 Å². The fourth-order valence-electron chi connectivity index (χ4n) is 5.86. The average molecular weight is 495 g/mol. The van der Waals surface area contributed by atoms with Crippen molar-refractivity contribution in [2.45, 2.75) is 5.41 Å². The normalized spacial score (nSPS) is 13.6. The molecule has 5 aromatic rings. The summed E-state index contributed by atoms with van der Waals surface area (Å²) >= 11 is 1.15. The van der Waals surface area contributed by atoms with Crippen LogP contribution in [0.2, 0.25) is 0 Å². The Bertz CT molecular complexity index is 1680. The van der Waals surface area contributed by atoms with Gasteiger partial charge in [-0.1, -0.05) is 121 Å². The van der Waals surface area contributed by atoms with Crippen LogP contribution >= 0.6 is 11.8 Å². The molecule has 1 aliphatic carbocycles. The summed E-state index contributed by atoms with van der Waals surface area (Å²) in [6.07, 6.45) is 0. The smallest absolute Gasteiger partial charge is 0.142 e. The summed E-state index contributed by atoms with van der Waals surface area (Å²) in [6.45, 7) is 0. The van der Waals surface area contributed by atoms with Crippen LogP contribution in [0.25, 0.3) is 11.1 Å². The van der Waals surface area contributed by atoms with Crippen molar-refractivity contribution in [1.29, 1.82) is 10.8 Å². The van der Waals surface area contributed by atoms with Crippen LogP contribution in [0, 0.1) is 10.8 Å². The number of thioether (sulfide) groups is 1. The molecule has 0 fully saturated rings. The highest BCUT2D eigenvalue weighted by Crippen LogP contribution is 2.62. The van der Waals surface area contributed by atoms with Crippen LogP contribution in [-0.4, -0.2) is 10.1 Å². The number of para-hydroxylation sites is 2. The highest BCUT2D eigenvalue weighted by molar-refractivity contribution is 8.27. The number of nitrogens with one attached hydrogen (secondary N) is 2. The van der Waals surface area contributed by atoms with Gasteiger partial charge in [0, 0.05) is 22.3 Å². The first-order valence-electron chi connectivity index (χ1n) is 12.2. The minimum atomic E-state index is -0.550. The van der Waals surface area contributed by atoms with Gasteiger partial charge in [-0.25, -0.2) is 0 Å². The molecule has 0 saturated carbocycles. The molecule has 1 heterocycles. The van der Waals surface area contributed by atoms with Gasteiger partial charge in [0.05, 0.1) is 5.41 Å². The summed E-state index contributed by atoms with van der Waals surface area (Å²) in [4.78, 5) is 0. The van der Waals surface area contributed by atoms with Gasteiger partial charge < -0.3 is 4.74 Å². The van der Waals surface area contributed by atoms with Crippen molar-refractivity contribution in [3.63, 3.8) is 0 Å². The lowest BCUT2D eigenvalue weighted by Crippen LogP contribution is -2.32. The lowest BCUT2D eigenvalue weighted by Gasteiger charge is -2.40. The van der Waals surface area contributed by atoms with Crippen molar-refractivity contribution in [3.05, 3.63) is 155 Å². The van der Waals surface area contributed by atoms with Gasteiger partial charge >= 0.3 is 0 Å². The summed E-state index contributed by atoms with van der Waals surface area (Å²) in [5.74, 6) is 1.48. The first kappa shape index (κ1) is 21.8. The van der Waals surface area contributed by atoms with E-state index in [1.54, 1.807) is 0 Å². The highest BCUT2D eigenvalue weighted by Gasteiger charge is 2.51. The number of fused-ring (bicyclic) bond motifs is 9. The molecule has 4 heteroatoms. The molecule has 2 aliphatic rings. The predicted molar refractivity (Wildman–Crippen MR) is 152 cm³/mol. The number of hydrogen-bond acceptors (Lipinski definition) is 4. The maximum Gasteiger partial charge on any atom is 0.142 e. The van der Waals surface area contributed by atoms with Crippen LogP contribution in [0.3, 0.4) is 0 Å². The molecule has 1 aliphatic heterocycles. The van der Waals surface area contributed by atoms with Crippen molar-refractivity contribution < 1.29 is 4.74 Å². The van der Waals surface area contributed by atoms with Gasteiger partial charge in [0.1, 0.15) is 21.6 Å². The van der Waals surface area contributed by atoms with E-state index < -0.39 is 5.41 Å². The zero-order valence-electron chi connectivity index (χ0n) is 19.9. The van der Waals surface area contributed by atoms with E-state index in [-0.39, 0.29) is 0 Å². The minimum Gasteiger partial charge on any atom is -0.456 e. The van der Waals surface area contributed by atoms with Crippen LogP contribution < -0.4 is 4.74 Å². The number of hydrogen-bond donors (Lipinski definition) is 2. The lowest BCUT2D eigenvalue weighted by atomic mass is 9.66. The lowest BCUT2D eigenvalue weighted by molar-refractivity contribution is 0.435. The minimum absolute atomic E-state index is 0.291. The van der Waals surface area contributed by atoms with Crippen LogP contribution in [0.1, 0.15) is 33.4 Å². The molecule has 0 bridgehead atoms. The van der Waals surface area contributed by atoms with Crippen molar-refractivity contribution in [3.8, 4) is 22.6 Å². The van der Waals surface area contributed by atoms with E-state index in [4.69, 9.17) is 15.6 Å². The first-order valence-corrected chi connectivity index (χ1v) is 13.0. The molecule has 0 amide bonds. The standard InChI is InChI=1S/C33H22N2OS/c34-31(21-11-2-1-3-12-21)37-32(35)24-15-10-19-28-30(24)36-29-20-9-8-18-27(29)33(28)25-16-6-4-13-22(25)23-14-5-7-17-26(23)33/h1-20,34-35H. The number of benzene rings is 5. The Morgan fingerprint density at radius 2 is 1.11 bits per heavy atom. The van der Waals surface area contributed by atoms with E-state index in [9.17, 15) is 0 Å².